The number of hydrogen-bond acceptors (Lipinski definition) is 2. The van der Waals surface area contributed by atoms with E-state index in [9.17, 15) is 15.0 Å². The molecule has 1 unspecified atom stereocenters. The predicted octanol–water partition coefficient (Wildman–Crippen LogP) is 3.46. The van der Waals surface area contributed by atoms with Gasteiger partial charge in [0, 0.05) is 5.02 Å². The minimum atomic E-state index is -0.898. The van der Waals surface area contributed by atoms with Crippen molar-refractivity contribution in [1.82, 2.24) is 0 Å². The second-order valence-electron chi connectivity index (χ2n) is 4.32. The van der Waals surface area contributed by atoms with Gasteiger partial charge < -0.3 is 10.2 Å². The lowest BCUT2D eigenvalue weighted by Crippen LogP contribution is -2.14. The van der Waals surface area contributed by atoms with Crippen molar-refractivity contribution in [2.24, 2.45) is 0 Å². The van der Waals surface area contributed by atoms with Gasteiger partial charge in [-0.05, 0) is 41.8 Å². The van der Waals surface area contributed by atoms with Crippen LogP contribution in [-0.4, -0.2) is 16.2 Å². The number of carboxylic acid groups (broad SMARTS) is 1. The molecular formula is C15H13ClO3. The lowest BCUT2D eigenvalue weighted by Gasteiger charge is -2.13. The Kier molecular flexibility index (Phi) is 4.07. The first kappa shape index (κ1) is 13.4. The number of carboxylic acids is 1. The van der Waals surface area contributed by atoms with Gasteiger partial charge in [-0.2, -0.15) is 0 Å². The number of carbonyl (C=O) groups is 1. The fraction of sp³-hybridized carbons (Fsp3) is 0.133. The van der Waals surface area contributed by atoms with E-state index in [4.69, 9.17) is 11.6 Å². The molecule has 0 spiro atoms. The molecule has 0 saturated heterocycles. The van der Waals surface area contributed by atoms with E-state index in [2.05, 4.69) is 0 Å². The van der Waals surface area contributed by atoms with Gasteiger partial charge in [0.2, 0.25) is 0 Å². The molecule has 98 valence electrons. The summed E-state index contributed by atoms with van der Waals surface area (Å²) in [5.41, 5.74) is 1.47. The molecule has 2 rings (SSSR count). The number of phenols is 1. The topological polar surface area (TPSA) is 57.5 Å². The molecule has 0 heterocycles. The van der Waals surface area contributed by atoms with Crippen LogP contribution in [0.15, 0.2) is 48.5 Å². The zero-order valence-corrected chi connectivity index (χ0v) is 10.8. The van der Waals surface area contributed by atoms with Gasteiger partial charge in [-0.25, -0.2) is 0 Å². The maximum absolute atomic E-state index is 11.4. The number of aromatic hydroxyl groups is 1. The fourth-order valence-corrected chi connectivity index (χ4v) is 2.09. The van der Waals surface area contributed by atoms with Crippen molar-refractivity contribution >= 4 is 17.6 Å². The summed E-state index contributed by atoms with van der Waals surface area (Å²) >= 11 is 5.80. The quantitative estimate of drug-likeness (QED) is 0.899. The van der Waals surface area contributed by atoms with Crippen molar-refractivity contribution in [2.75, 3.05) is 0 Å². The zero-order chi connectivity index (χ0) is 13.8. The molecule has 0 aliphatic rings. The maximum Gasteiger partial charge on any atom is 0.311 e. The Morgan fingerprint density at radius 3 is 2.42 bits per heavy atom. The highest BCUT2D eigenvalue weighted by molar-refractivity contribution is 6.30. The van der Waals surface area contributed by atoms with Gasteiger partial charge in [0.25, 0.3) is 0 Å². The first-order chi connectivity index (χ1) is 9.06. The van der Waals surface area contributed by atoms with Crippen molar-refractivity contribution in [3.63, 3.8) is 0 Å². The lowest BCUT2D eigenvalue weighted by atomic mass is 9.92. The third-order valence-electron chi connectivity index (χ3n) is 2.92. The molecule has 2 N–H and O–H groups in total. The number of phenolic OH excluding ortho intramolecular Hbond substituents is 1. The first-order valence-electron chi connectivity index (χ1n) is 5.82. The summed E-state index contributed by atoms with van der Waals surface area (Å²) < 4.78 is 0. The summed E-state index contributed by atoms with van der Waals surface area (Å²) in [4.78, 5) is 11.4. The van der Waals surface area contributed by atoms with Crippen LogP contribution >= 0.6 is 11.6 Å². The summed E-state index contributed by atoms with van der Waals surface area (Å²) in [6.07, 6.45) is 0.325. The third-order valence-corrected chi connectivity index (χ3v) is 3.17. The summed E-state index contributed by atoms with van der Waals surface area (Å²) in [5.74, 6) is -1.41. The van der Waals surface area contributed by atoms with E-state index in [-0.39, 0.29) is 5.75 Å². The molecule has 0 amide bonds. The number of rotatable bonds is 4. The Morgan fingerprint density at radius 2 is 1.84 bits per heavy atom. The molecule has 0 aliphatic carbocycles. The van der Waals surface area contributed by atoms with E-state index >= 15 is 0 Å². The third kappa shape index (κ3) is 3.48. The highest BCUT2D eigenvalue weighted by atomic mass is 35.5. The molecule has 4 heteroatoms. The minimum Gasteiger partial charge on any atom is -0.508 e. The predicted molar refractivity (Wildman–Crippen MR) is 73.6 cm³/mol. The SMILES string of the molecule is O=C(O)C(Cc1cccc(O)c1)c1ccc(Cl)cc1. The molecule has 0 radical (unpaired) electrons. The van der Waals surface area contributed by atoms with E-state index in [0.717, 1.165) is 5.56 Å². The summed E-state index contributed by atoms with van der Waals surface area (Å²) in [6.45, 7) is 0. The van der Waals surface area contributed by atoms with Crippen LogP contribution in [-0.2, 0) is 11.2 Å². The monoisotopic (exact) mass is 276 g/mol. The second-order valence-corrected chi connectivity index (χ2v) is 4.75. The van der Waals surface area contributed by atoms with E-state index in [0.29, 0.717) is 17.0 Å². The van der Waals surface area contributed by atoms with Gasteiger partial charge in [-0.15, -0.1) is 0 Å². The number of hydrogen-bond donors (Lipinski definition) is 2. The van der Waals surface area contributed by atoms with Gasteiger partial charge in [-0.1, -0.05) is 35.9 Å². The molecule has 1 atom stereocenters. The molecule has 0 aromatic heterocycles. The lowest BCUT2D eigenvalue weighted by molar-refractivity contribution is -0.138. The largest absolute Gasteiger partial charge is 0.508 e. The zero-order valence-electron chi connectivity index (χ0n) is 10.1. The Hall–Kier alpha value is -2.00. The van der Waals surface area contributed by atoms with Crippen LogP contribution in [0.25, 0.3) is 0 Å². The van der Waals surface area contributed by atoms with Crippen molar-refractivity contribution in [3.05, 3.63) is 64.7 Å². The molecular weight excluding hydrogens is 264 g/mol. The Labute approximate surface area is 116 Å². The van der Waals surface area contributed by atoms with Crippen LogP contribution in [0.2, 0.25) is 5.02 Å². The summed E-state index contributed by atoms with van der Waals surface area (Å²) in [5, 5.41) is 19.3. The van der Waals surface area contributed by atoms with Gasteiger partial charge >= 0.3 is 5.97 Å². The first-order valence-corrected chi connectivity index (χ1v) is 6.20. The van der Waals surface area contributed by atoms with Crippen molar-refractivity contribution < 1.29 is 15.0 Å². The molecule has 2 aromatic carbocycles. The molecule has 3 nitrogen and oxygen atoms in total. The number of halogens is 1. The van der Waals surface area contributed by atoms with Crippen LogP contribution in [0, 0.1) is 0 Å². The van der Waals surface area contributed by atoms with Crippen LogP contribution in [0.5, 0.6) is 5.75 Å². The van der Waals surface area contributed by atoms with E-state index in [1.54, 1.807) is 48.5 Å². The van der Waals surface area contributed by atoms with E-state index in [1.165, 1.54) is 0 Å². The van der Waals surface area contributed by atoms with Gasteiger partial charge in [0.15, 0.2) is 0 Å². The van der Waals surface area contributed by atoms with Crippen molar-refractivity contribution in [2.45, 2.75) is 12.3 Å². The summed E-state index contributed by atoms with van der Waals surface area (Å²) in [6, 6.07) is 13.4. The number of benzene rings is 2. The molecule has 19 heavy (non-hydrogen) atoms. The van der Waals surface area contributed by atoms with Crippen LogP contribution < -0.4 is 0 Å². The molecule has 0 aliphatic heterocycles. The second kappa shape index (κ2) is 5.76. The maximum atomic E-state index is 11.4. The molecule has 0 fully saturated rings. The van der Waals surface area contributed by atoms with Gasteiger partial charge in [-0.3, -0.25) is 4.79 Å². The average molecular weight is 277 g/mol. The van der Waals surface area contributed by atoms with Crippen molar-refractivity contribution in [1.29, 1.82) is 0 Å². The van der Waals surface area contributed by atoms with Crippen molar-refractivity contribution in [3.8, 4) is 5.75 Å². The van der Waals surface area contributed by atoms with Gasteiger partial charge in [0.05, 0.1) is 5.92 Å². The highest BCUT2D eigenvalue weighted by Gasteiger charge is 2.20. The Morgan fingerprint density at radius 1 is 1.16 bits per heavy atom. The molecule has 0 bridgehead atoms. The normalized spacial score (nSPS) is 12.1. The smallest absolute Gasteiger partial charge is 0.311 e. The standard InChI is InChI=1S/C15H13ClO3/c16-12-6-4-11(5-7-12)14(15(18)19)9-10-2-1-3-13(17)8-10/h1-8,14,17H,9H2,(H,18,19). The molecule has 2 aromatic rings. The van der Waals surface area contributed by atoms with Gasteiger partial charge in [0.1, 0.15) is 5.75 Å². The molecule has 0 saturated carbocycles. The minimum absolute atomic E-state index is 0.137. The summed E-state index contributed by atoms with van der Waals surface area (Å²) in [7, 11) is 0. The average Bonchev–Trinajstić information content (AvgIpc) is 2.37. The fourth-order valence-electron chi connectivity index (χ4n) is 1.96. The van der Waals surface area contributed by atoms with Crippen LogP contribution in [0.3, 0.4) is 0 Å². The Bertz CT molecular complexity index is 578. The van der Waals surface area contributed by atoms with Crippen LogP contribution in [0.4, 0.5) is 0 Å². The van der Waals surface area contributed by atoms with Crippen LogP contribution in [0.1, 0.15) is 17.0 Å². The Balaban J connectivity index is 2.26. The number of aliphatic carboxylic acids is 1. The van der Waals surface area contributed by atoms with E-state index < -0.39 is 11.9 Å². The highest BCUT2D eigenvalue weighted by Crippen LogP contribution is 2.24. The van der Waals surface area contributed by atoms with E-state index in [1.807, 2.05) is 0 Å².